The second-order valence-corrected chi connectivity index (χ2v) is 4.92. The highest BCUT2D eigenvalue weighted by Gasteiger charge is 2.05. The average Bonchev–Trinajstić information content (AvgIpc) is 2.81. The van der Waals surface area contributed by atoms with Crippen molar-refractivity contribution in [2.24, 2.45) is 0 Å². The normalized spacial score (nSPS) is 12.6. The lowest BCUT2D eigenvalue weighted by Gasteiger charge is -2.11. The molecular formula is C13H16N2S. The van der Waals surface area contributed by atoms with E-state index < -0.39 is 0 Å². The van der Waals surface area contributed by atoms with Crippen LogP contribution in [-0.2, 0) is 6.54 Å². The van der Waals surface area contributed by atoms with Crippen LogP contribution in [-0.4, -0.2) is 4.98 Å². The maximum absolute atomic E-state index is 4.37. The van der Waals surface area contributed by atoms with Gasteiger partial charge in [-0.3, -0.25) is 4.98 Å². The van der Waals surface area contributed by atoms with Crippen molar-refractivity contribution in [1.82, 2.24) is 10.3 Å². The van der Waals surface area contributed by atoms with Gasteiger partial charge >= 0.3 is 0 Å². The van der Waals surface area contributed by atoms with Crippen LogP contribution >= 0.6 is 11.3 Å². The Balaban J connectivity index is 1.90. The molecule has 1 atom stereocenters. The molecule has 84 valence electrons. The Kier molecular flexibility index (Phi) is 3.70. The third-order valence-corrected chi connectivity index (χ3v) is 3.59. The van der Waals surface area contributed by atoms with E-state index in [0.717, 1.165) is 12.2 Å². The Morgan fingerprint density at radius 2 is 2.25 bits per heavy atom. The summed E-state index contributed by atoms with van der Waals surface area (Å²) in [6.07, 6.45) is 1.91. The number of pyridine rings is 1. The van der Waals surface area contributed by atoms with Gasteiger partial charge in [-0.1, -0.05) is 12.1 Å². The summed E-state index contributed by atoms with van der Waals surface area (Å²) in [6.45, 7) is 5.05. The van der Waals surface area contributed by atoms with Crippen LogP contribution in [0.1, 0.15) is 29.1 Å². The summed E-state index contributed by atoms with van der Waals surface area (Å²) in [5.41, 5.74) is 2.30. The van der Waals surface area contributed by atoms with Crippen LogP contribution in [0.4, 0.5) is 0 Å². The second kappa shape index (κ2) is 5.23. The van der Waals surface area contributed by atoms with Crippen molar-refractivity contribution in [3.63, 3.8) is 0 Å². The summed E-state index contributed by atoms with van der Waals surface area (Å²) in [5, 5.41) is 5.58. The zero-order chi connectivity index (χ0) is 11.4. The Labute approximate surface area is 100 Å². The number of hydrogen-bond acceptors (Lipinski definition) is 3. The van der Waals surface area contributed by atoms with E-state index in [-0.39, 0.29) is 0 Å². The van der Waals surface area contributed by atoms with Crippen LogP contribution in [0.25, 0.3) is 0 Å². The van der Waals surface area contributed by atoms with Gasteiger partial charge in [0.05, 0.1) is 5.69 Å². The van der Waals surface area contributed by atoms with Crippen molar-refractivity contribution in [1.29, 1.82) is 0 Å². The van der Waals surface area contributed by atoms with Crippen molar-refractivity contribution in [3.8, 4) is 0 Å². The van der Waals surface area contributed by atoms with Crippen LogP contribution in [0.15, 0.2) is 35.8 Å². The Morgan fingerprint density at radius 3 is 2.88 bits per heavy atom. The van der Waals surface area contributed by atoms with Gasteiger partial charge in [0.2, 0.25) is 0 Å². The molecule has 0 amide bonds. The third kappa shape index (κ3) is 2.90. The van der Waals surface area contributed by atoms with Crippen molar-refractivity contribution < 1.29 is 0 Å². The third-order valence-electron chi connectivity index (χ3n) is 2.53. The lowest BCUT2D eigenvalue weighted by molar-refractivity contribution is 0.575. The van der Waals surface area contributed by atoms with Crippen LogP contribution in [0, 0.1) is 6.92 Å². The molecule has 3 heteroatoms. The van der Waals surface area contributed by atoms with Gasteiger partial charge in [0.1, 0.15) is 0 Å². The Morgan fingerprint density at radius 1 is 1.38 bits per heavy atom. The van der Waals surface area contributed by atoms with E-state index in [2.05, 4.69) is 53.8 Å². The first-order valence-electron chi connectivity index (χ1n) is 5.44. The van der Waals surface area contributed by atoms with Crippen LogP contribution in [0.5, 0.6) is 0 Å². The summed E-state index contributed by atoms with van der Waals surface area (Å²) in [5.74, 6) is 0. The largest absolute Gasteiger partial charge is 0.304 e. The predicted octanol–water partition coefficient (Wildman–Crippen LogP) is 3.30. The molecule has 2 aromatic heterocycles. The summed E-state index contributed by atoms with van der Waals surface area (Å²) < 4.78 is 0. The zero-order valence-electron chi connectivity index (χ0n) is 9.60. The highest BCUT2D eigenvalue weighted by Crippen LogP contribution is 2.18. The molecule has 0 spiro atoms. The SMILES string of the molecule is Cc1ccc(CN[C@H](C)c2cccs2)nc1. The monoisotopic (exact) mass is 232 g/mol. The molecule has 16 heavy (non-hydrogen) atoms. The molecule has 0 bridgehead atoms. The van der Waals surface area contributed by atoms with Gasteiger partial charge in [-0.2, -0.15) is 0 Å². The minimum atomic E-state index is 0.392. The van der Waals surface area contributed by atoms with Crippen molar-refractivity contribution in [2.45, 2.75) is 26.4 Å². The first-order valence-corrected chi connectivity index (χ1v) is 6.32. The molecule has 0 aliphatic carbocycles. The number of thiophene rings is 1. The number of aryl methyl sites for hydroxylation is 1. The molecule has 0 saturated heterocycles. The number of aromatic nitrogens is 1. The first kappa shape index (κ1) is 11.3. The van der Waals surface area contributed by atoms with Crippen LogP contribution in [0.2, 0.25) is 0 Å². The summed E-state index contributed by atoms with van der Waals surface area (Å²) in [4.78, 5) is 5.74. The number of nitrogens with one attached hydrogen (secondary N) is 1. The highest BCUT2D eigenvalue weighted by atomic mass is 32.1. The van der Waals surface area contributed by atoms with Crippen molar-refractivity contribution >= 4 is 11.3 Å². The van der Waals surface area contributed by atoms with Gasteiger partial charge < -0.3 is 5.32 Å². The number of hydrogen-bond donors (Lipinski definition) is 1. The minimum absolute atomic E-state index is 0.392. The number of rotatable bonds is 4. The summed E-state index contributed by atoms with van der Waals surface area (Å²) in [7, 11) is 0. The maximum atomic E-state index is 4.37. The molecule has 1 N–H and O–H groups in total. The maximum Gasteiger partial charge on any atom is 0.0542 e. The first-order chi connectivity index (χ1) is 7.75. The molecule has 0 radical (unpaired) electrons. The molecule has 2 aromatic rings. The van der Waals surface area contributed by atoms with E-state index >= 15 is 0 Å². The molecule has 0 aliphatic rings. The van der Waals surface area contributed by atoms with Crippen LogP contribution < -0.4 is 5.32 Å². The molecule has 0 saturated carbocycles. The fourth-order valence-electron chi connectivity index (χ4n) is 1.50. The average molecular weight is 232 g/mol. The Bertz CT molecular complexity index is 420. The predicted molar refractivity (Wildman–Crippen MR) is 68.5 cm³/mol. The van der Waals surface area contributed by atoms with Crippen molar-refractivity contribution in [3.05, 3.63) is 52.0 Å². The quantitative estimate of drug-likeness (QED) is 0.875. The van der Waals surface area contributed by atoms with E-state index in [9.17, 15) is 0 Å². The van der Waals surface area contributed by atoms with Gasteiger partial charge in [0.15, 0.2) is 0 Å². The van der Waals surface area contributed by atoms with E-state index in [4.69, 9.17) is 0 Å². The summed E-state index contributed by atoms with van der Waals surface area (Å²) >= 11 is 1.79. The van der Waals surface area contributed by atoms with Crippen molar-refractivity contribution in [2.75, 3.05) is 0 Å². The Hall–Kier alpha value is -1.19. The minimum Gasteiger partial charge on any atom is -0.304 e. The molecule has 2 rings (SSSR count). The highest BCUT2D eigenvalue weighted by molar-refractivity contribution is 7.10. The zero-order valence-corrected chi connectivity index (χ0v) is 10.4. The fraction of sp³-hybridized carbons (Fsp3) is 0.308. The smallest absolute Gasteiger partial charge is 0.0542 e. The van der Waals surface area contributed by atoms with E-state index in [1.165, 1.54) is 10.4 Å². The molecular weight excluding hydrogens is 216 g/mol. The lowest BCUT2D eigenvalue weighted by Crippen LogP contribution is -2.17. The molecule has 0 fully saturated rings. The van der Waals surface area contributed by atoms with Gasteiger partial charge in [-0.25, -0.2) is 0 Å². The molecule has 2 nitrogen and oxygen atoms in total. The van der Waals surface area contributed by atoms with E-state index in [0.29, 0.717) is 6.04 Å². The van der Waals surface area contributed by atoms with Crippen LogP contribution in [0.3, 0.4) is 0 Å². The summed E-state index contributed by atoms with van der Waals surface area (Å²) in [6, 6.07) is 8.80. The molecule has 0 aromatic carbocycles. The molecule has 0 unspecified atom stereocenters. The second-order valence-electron chi connectivity index (χ2n) is 3.94. The van der Waals surface area contributed by atoms with Gasteiger partial charge in [-0.15, -0.1) is 11.3 Å². The van der Waals surface area contributed by atoms with Gasteiger partial charge in [-0.05, 0) is 36.9 Å². The van der Waals surface area contributed by atoms with E-state index in [1.807, 2.05) is 6.20 Å². The molecule has 0 aliphatic heterocycles. The van der Waals surface area contributed by atoms with E-state index in [1.54, 1.807) is 11.3 Å². The molecule has 2 heterocycles. The fourth-order valence-corrected chi connectivity index (χ4v) is 2.26. The van der Waals surface area contributed by atoms with Gasteiger partial charge in [0, 0.05) is 23.7 Å². The standard InChI is InChI=1S/C13H16N2S/c1-10-5-6-12(15-8-10)9-14-11(2)13-4-3-7-16-13/h3-8,11,14H,9H2,1-2H3/t11-/m1/s1. The topological polar surface area (TPSA) is 24.9 Å². The number of nitrogens with zero attached hydrogens (tertiary/aromatic N) is 1. The van der Waals surface area contributed by atoms with Gasteiger partial charge in [0.25, 0.3) is 0 Å². The lowest BCUT2D eigenvalue weighted by atomic mass is 10.2.